The molecule has 0 fully saturated rings. The number of hydrogen-bond acceptors (Lipinski definition) is 1. The Hall–Kier alpha value is -0.780. The molecule has 0 saturated heterocycles. The molecule has 0 aliphatic heterocycles. The molecule has 0 aromatic heterocycles. The molecular weight excluding hydrogens is 392 g/mol. The van der Waals surface area contributed by atoms with E-state index < -0.39 is 0 Å². The third kappa shape index (κ3) is 3.65. The molecule has 2 aromatic carbocycles. The second-order valence-electron chi connectivity index (χ2n) is 4.45. The number of rotatable bonds is 4. The van der Waals surface area contributed by atoms with E-state index in [1.807, 2.05) is 0 Å². The summed E-state index contributed by atoms with van der Waals surface area (Å²) in [6.45, 7) is 0. The molecule has 1 unspecified atom stereocenters. The van der Waals surface area contributed by atoms with Crippen LogP contribution in [0.4, 0.5) is 8.78 Å². The molecular formula is C15H13Br2F2N. The van der Waals surface area contributed by atoms with E-state index in [-0.39, 0.29) is 17.7 Å². The summed E-state index contributed by atoms with van der Waals surface area (Å²) in [7, 11) is 1.78. The maximum atomic E-state index is 13.8. The lowest BCUT2D eigenvalue weighted by Gasteiger charge is -2.19. The summed E-state index contributed by atoms with van der Waals surface area (Å²) < 4.78 is 28.8. The fraction of sp³-hybridized carbons (Fsp3) is 0.200. The molecule has 20 heavy (non-hydrogen) atoms. The van der Waals surface area contributed by atoms with E-state index in [1.165, 1.54) is 18.2 Å². The Balaban J connectivity index is 2.33. The first-order valence-electron chi connectivity index (χ1n) is 6.07. The third-order valence-electron chi connectivity index (χ3n) is 3.11. The molecule has 0 saturated carbocycles. The summed E-state index contributed by atoms with van der Waals surface area (Å²) in [6, 6.07) is 9.15. The van der Waals surface area contributed by atoms with Gasteiger partial charge < -0.3 is 5.32 Å². The van der Waals surface area contributed by atoms with E-state index in [0.717, 1.165) is 14.5 Å². The summed E-state index contributed by atoms with van der Waals surface area (Å²) in [6.07, 6.45) is 0.434. The molecule has 0 bridgehead atoms. The smallest absolute Gasteiger partial charge is 0.126 e. The minimum Gasteiger partial charge on any atom is -0.313 e. The van der Waals surface area contributed by atoms with Crippen molar-refractivity contribution >= 4 is 31.9 Å². The normalized spacial score (nSPS) is 12.4. The summed E-state index contributed by atoms with van der Waals surface area (Å²) >= 11 is 6.74. The second-order valence-corrected chi connectivity index (χ2v) is 6.22. The van der Waals surface area contributed by atoms with Gasteiger partial charge in [-0.3, -0.25) is 0 Å². The summed E-state index contributed by atoms with van der Waals surface area (Å²) in [5, 5.41) is 3.10. The van der Waals surface area contributed by atoms with Crippen LogP contribution in [0.25, 0.3) is 0 Å². The van der Waals surface area contributed by atoms with Crippen LogP contribution in [0.15, 0.2) is 45.3 Å². The Labute approximate surface area is 133 Å². The fourth-order valence-electron chi connectivity index (χ4n) is 2.07. The van der Waals surface area contributed by atoms with Crippen molar-refractivity contribution in [2.75, 3.05) is 7.05 Å². The Morgan fingerprint density at radius 3 is 2.55 bits per heavy atom. The number of hydrogen-bond donors (Lipinski definition) is 1. The van der Waals surface area contributed by atoms with Gasteiger partial charge in [-0.15, -0.1) is 0 Å². The molecule has 0 spiro atoms. The van der Waals surface area contributed by atoms with Gasteiger partial charge in [0, 0.05) is 15.0 Å². The van der Waals surface area contributed by atoms with Crippen LogP contribution in [-0.2, 0) is 6.42 Å². The molecule has 1 nitrogen and oxygen atoms in total. The first-order chi connectivity index (χ1) is 9.51. The van der Waals surface area contributed by atoms with Crippen LogP contribution in [0, 0.1) is 11.6 Å². The molecule has 2 aromatic rings. The first-order valence-corrected chi connectivity index (χ1v) is 7.66. The number of nitrogens with one attached hydrogen (secondary N) is 1. The average molecular weight is 405 g/mol. The summed E-state index contributed by atoms with van der Waals surface area (Å²) in [5.74, 6) is -0.570. The van der Waals surface area contributed by atoms with E-state index in [9.17, 15) is 8.78 Å². The average Bonchev–Trinajstić information content (AvgIpc) is 2.42. The van der Waals surface area contributed by atoms with Gasteiger partial charge in [0.25, 0.3) is 0 Å². The van der Waals surface area contributed by atoms with Gasteiger partial charge in [-0.1, -0.05) is 31.9 Å². The lowest BCUT2D eigenvalue weighted by atomic mass is 9.98. The van der Waals surface area contributed by atoms with Crippen LogP contribution in [0.5, 0.6) is 0 Å². The molecule has 0 aliphatic rings. The molecule has 0 aliphatic carbocycles. The van der Waals surface area contributed by atoms with Gasteiger partial charge in [0.15, 0.2) is 0 Å². The van der Waals surface area contributed by atoms with Crippen molar-refractivity contribution in [3.63, 3.8) is 0 Å². The highest BCUT2D eigenvalue weighted by molar-refractivity contribution is 9.10. The van der Waals surface area contributed by atoms with Gasteiger partial charge in [-0.05, 0) is 61.0 Å². The van der Waals surface area contributed by atoms with Gasteiger partial charge in [0.2, 0.25) is 0 Å². The standard InChI is InChI=1S/C15H13Br2F2N/c1-20-15(12-8-11(18)3-4-13(12)17)7-9-6-10(16)2-5-14(9)19/h2-6,8,15,20H,7H2,1H3. The lowest BCUT2D eigenvalue weighted by molar-refractivity contribution is 0.547. The largest absolute Gasteiger partial charge is 0.313 e. The minimum atomic E-state index is -0.307. The summed E-state index contributed by atoms with van der Waals surface area (Å²) in [5.41, 5.74) is 1.35. The molecule has 106 valence electrons. The molecule has 0 radical (unpaired) electrons. The number of likely N-dealkylation sites (N-methyl/N-ethyl adjacent to an activating group) is 1. The van der Waals surface area contributed by atoms with Crippen molar-refractivity contribution in [3.05, 3.63) is 68.1 Å². The molecule has 0 amide bonds. The molecule has 0 heterocycles. The van der Waals surface area contributed by atoms with E-state index in [4.69, 9.17) is 0 Å². The lowest BCUT2D eigenvalue weighted by Crippen LogP contribution is -2.20. The van der Waals surface area contributed by atoms with Crippen LogP contribution in [0.1, 0.15) is 17.2 Å². The maximum Gasteiger partial charge on any atom is 0.126 e. The summed E-state index contributed by atoms with van der Waals surface area (Å²) in [4.78, 5) is 0. The topological polar surface area (TPSA) is 12.0 Å². The van der Waals surface area contributed by atoms with Crippen LogP contribution in [-0.4, -0.2) is 7.05 Å². The van der Waals surface area contributed by atoms with Gasteiger partial charge in [0.1, 0.15) is 11.6 Å². The van der Waals surface area contributed by atoms with E-state index in [0.29, 0.717) is 12.0 Å². The Morgan fingerprint density at radius 2 is 1.85 bits per heavy atom. The van der Waals surface area contributed by atoms with Crippen LogP contribution < -0.4 is 5.32 Å². The van der Waals surface area contributed by atoms with Crippen molar-refractivity contribution in [1.29, 1.82) is 0 Å². The zero-order chi connectivity index (χ0) is 14.7. The van der Waals surface area contributed by atoms with Crippen LogP contribution in [0.2, 0.25) is 0 Å². The quantitative estimate of drug-likeness (QED) is 0.756. The van der Waals surface area contributed by atoms with Crippen molar-refractivity contribution < 1.29 is 8.78 Å². The van der Waals surface area contributed by atoms with Gasteiger partial charge in [-0.2, -0.15) is 0 Å². The Morgan fingerprint density at radius 1 is 1.10 bits per heavy atom. The predicted molar refractivity (Wildman–Crippen MR) is 83.7 cm³/mol. The van der Waals surface area contributed by atoms with Gasteiger partial charge in [-0.25, -0.2) is 8.78 Å². The van der Waals surface area contributed by atoms with Crippen molar-refractivity contribution in [3.8, 4) is 0 Å². The van der Waals surface area contributed by atoms with Crippen LogP contribution in [0.3, 0.4) is 0 Å². The number of halogens is 4. The van der Waals surface area contributed by atoms with Crippen molar-refractivity contribution in [2.24, 2.45) is 0 Å². The van der Waals surface area contributed by atoms with Crippen molar-refractivity contribution in [2.45, 2.75) is 12.5 Å². The zero-order valence-electron chi connectivity index (χ0n) is 10.8. The first kappa shape index (κ1) is 15.6. The van der Waals surface area contributed by atoms with E-state index in [1.54, 1.807) is 25.2 Å². The highest BCUT2D eigenvalue weighted by Crippen LogP contribution is 2.28. The minimum absolute atomic E-state index is 0.177. The molecule has 1 atom stereocenters. The van der Waals surface area contributed by atoms with Gasteiger partial charge >= 0.3 is 0 Å². The van der Waals surface area contributed by atoms with Crippen molar-refractivity contribution in [1.82, 2.24) is 5.32 Å². The Bertz CT molecular complexity index is 617. The van der Waals surface area contributed by atoms with Crippen LogP contribution >= 0.6 is 31.9 Å². The highest BCUT2D eigenvalue weighted by atomic mass is 79.9. The van der Waals surface area contributed by atoms with E-state index in [2.05, 4.69) is 37.2 Å². The van der Waals surface area contributed by atoms with E-state index >= 15 is 0 Å². The van der Waals surface area contributed by atoms with Gasteiger partial charge in [0.05, 0.1) is 0 Å². The highest BCUT2D eigenvalue weighted by Gasteiger charge is 2.16. The predicted octanol–water partition coefficient (Wildman–Crippen LogP) is 4.99. The fourth-order valence-corrected chi connectivity index (χ4v) is 3.00. The zero-order valence-corrected chi connectivity index (χ0v) is 13.9. The molecule has 5 heteroatoms. The Kier molecular flexibility index (Phi) is 5.29. The SMILES string of the molecule is CNC(Cc1cc(Br)ccc1F)c1cc(F)ccc1Br. The maximum absolute atomic E-state index is 13.8. The second kappa shape index (κ2) is 6.78. The molecule has 2 rings (SSSR count). The third-order valence-corrected chi connectivity index (χ3v) is 4.33. The molecule has 1 N–H and O–H groups in total. The monoisotopic (exact) mass is 403 g/mol. The number of benzene rings is 2.